The highest BCUT2D eigenvalue weighted by Gasteiger charge is 2.18. The summed E-state index contributed by atoms with van der Waals surface area (Å²) in [6.07, 6.45) is 7.78. The maximum absolute atomic E-state index is 13.8. The number of nitrogens with one attached hydrogen (secondary N) is 1. The molecular formula is C30H28FN5. The summed E-state index contributed by atoms with van der Waals surface area (Å²) in [5.41, 5.74) is 7.27. The molecule has 1 saturated carbocycles. The van der Waals surface area contributed by atoms with E-state index in [-0.39, 0.29) is 5.82 Å². The Morgan fingerprint density at radius 1 is 0.944 bits per heavy atom. The largest absolute Gasteiger partial charge is 0.352 e. The number of anilines is 2. The molecule has 0 saturated heterocycles. The van der Waals surface area contributed by atoms with E-state index in [1.165, 1.54) is 31.4 Å². The third kappa shape index (κ3) is 4.47. The Kier molecular flexibility index (Phi) is 5.93. The quantitative estimate of drug-likeness (QED) is 0.285. The molecule has 1 aliphatic heterocycles. The van der Waals surface area contributed by atoms with E-state index in [9.17, 15) is 4.39 Å². The number of aryl methyl sites for hydroxylation is 1. The smallest absolute Gasteiger partial charge is 0.123 e. The second-order valence-electron chi connectivity index (χ2n) is 9.50. The number of rotatable bonds is 4. The molecule has 3 aromatic rings. The van der Waals surface area contributed by atoms with E-state index in [4.69, 9.17) is 9.98 Å². The Labute approximate surface area is 209 Å². The van der Waals surface area contributed by atoms with Crippen LogP contribution in [-0.2, 0) is 0 Å². The van der Waals surface area contributed by atoms with Gasteiger partial charge in [0.15, 0.2) is 0 Å². The Morgan fingerprint density at radius 3 is 2.53 bits per heavy atom. The number of hydrogen-bond acceptors (Lipinski definition) is 4. The number of aromatic nitrogens is 3. The highest BCUT2D eigenvalue weighted by atomic mass is 19.1. The maximum atomic E-state index is 13.8. The zero-order valence-corrected chi connectivity index (χ0v) is 20.3. The summed E-state index contributed by atoms with van der Waals surface area (Å²) >= 11 is 0. The van der Waals surface area contributed by atoms with Crippen LogP contribution in [0.1, 0.15) is 37.8 Å². The van der Waals surface area contributed by atoms with E-state index < -0.39 is 0 Å². The molecule has 0 amide bonds. The van der Waals surface area contributed by atoms with Crippen molar-refractivity contribution in [2.45, 2.75) is 45.1 Å². The Hall–Kier alpha value is -4.06. The van der Waals surface area contributed by atoms with Crippen LogP contribution in [0.5, 0.6) is 0 Å². The molecule has 5 nitrogen and oxygen atoms in total. The molecule has 6 rings (SSSR count). The van der Waals surface area contributed by atoms with Crippen molar-refractivity contribution >= 4 is 22.4 Å². The van der Waals surface area contributed by atoms with Crippen molar-refractivity contribution in [2.24, 2.45) is 4.99 Å². The molecular weight excluding hydrogens is 449 g/mol. The van der Waals surface area contributed by atoms with Gasteiger partial charge >= 0.3 is 0 Å². The summed E-state index contributed by atoms with van der Waals surface area (Å²) in [5, 5.41) is 4.45. The molecule has 2 heterocycles. The normalized spacial score (nSPS) is 15.0. The summed E-state index contributed by atoms with van der Waals surface area (Å²) in [4.78, 5) is 14.7. The first-order valence-corrected chi connectivity index (χ1v) is 12.6. The summed E-state index contributed by atoms with van der Waals surface area (Å²) in [5.74, 6) is -0.256. The molecule has 0 spiro atoms. The second-order valence-corrected chi connectivity index (χ2v) is 9.50. The number of hydrogen-bond donors (Lipinski definition) is 1. The second kappa shape index (κ2) is 9.53. The minimum atomic E-state index is -0.256. The molecule has 2 aromatic carbocycles. The number of halogens is 1. The summed E-state index contributed by atoms with van der Waals surface area (Å²) in [7, 11) is 0. The fraction of sp³-hybridized carbons (Fsp3) is 0.233. The van der Waals surface area contributed by atoms with E-state index >= 15 is 0 Å². The van der Waals surface area contributed by atoms with Crippen molar-refractivity contribution in [1.29, 1.82) is 0 Å². The van der Waals surface area contributed by atoms with Gasteiger partial charge in [-0.15, -0.1) is 0 Å². The molecule has 0 radical (unpaired) electrons. The summed E-state index contributed by atoms with van der Waals surface area (Å²) in [6, 6.07) is 23.2. The highest BCUT2D eigenvalue weighted by Crippen LogP contribution is 2.31. The van der Waals surface area contributed by atoms with E-state index in [0.29, 0.717) is 6.04 Å². The van der Waals surface area contributed by atoms with Gasteiger partial charge in [-0.05, 0) is 80.4 Å². The molecule has 0 atom stereocenters. The molecule has 0 bridgehead atoms. The number of nitrogens with zero attached hydrogens (tertiary/aromatic N) is 4. The lowest BCUT2D eigenvalue weighted by Crippen LogP contribution is -2.19. The molecule has 1 N–H and O–H groups in total. The van der Waals surface area contributed by atoms with Crippen molar-refractivity contribution in [3.05, 3.63) is 95.9 Å². The minimum Gasteiger partial charge on any atom is -0.352 e. The fourth-order valence-corrected chi connectivity index (χ4v) is 5.02. The summed E-state index contributed by atoms with van der Waals surface area (Å²) < 4.78 is 15.9. The average molecular weight is 478 g/mol. The van der Waals surface area contributed by atoms with Crippen LogP contribution in [0.2, 0.25) is 0 Å². The predicted octanol–water partition coefficient (Wildman–Crippen LogP) is 6.95. The third-order valence-electron chi connectivity index (χ3n) is 6.87. The molecule has 0 unspecified atom stereocenters. The van der Waals surface area contributed by atoms with E-state index in [0.717, 1.165) is 63.4 Å². The molecule has 1 aromatic heterocycles. The van der Waals surface area contributed by atoms with Gasteiger partial charge in [0.05, 0.1) is 51.4 Å². The van der Waals surface area contributed by atoms with Crippen LogP contribution in [0.3, 0.4) is 0 Å². The zero-order valence-electron chi connectivity index (χ0n) is 20.3. The standard InChI is InChI=1S/C30H28FN5/c1-20-11-14-23(19-32-20)34-26-17-28-30(18-27(26)33-22-7-3-2-4-8-22)36(24-15-12-21(31)13-16-24)29-10-6-5-9-25(29)35-28/h5-6,9-19,22,34H,2-4,7-8H2,1H3. The van der Waals surface area contributed by atoms with Gasteiger partial charge in [0, 0.05) is 11.4 Å². The van der Waals surface area contributed by atoms with Crippen molar-refractivity contribution in [1.82, 2.24) is 14.5 Å². The van der Waals surface area contributed by atoms with Crippen LogP contribution >= 0.6 is 0 Å². The molecule has 36 heavy (non-hydrogen) atoms. The van der Waals surface area contributed by atoms with Gasteiger partial charge in [0.25, 0.3) is 0 Å². The maximum Gasteiger partial charge on any atom is 0.123 e. The van der Waals surface area contributed by atoms with Gasteiger partial charge in [-0.2, -0.15) is 0 Å². The Balaban J connectivity index is 1.61. The van der Waals surface area contributed by atoms with Gasteiger partial charge < -0.3 is 9.88 Å². The zero-order chi connectivity index (χ0) is 24.5. The molecule has 6 heteroatoms. The SMILES string of the molecule is Cc1ccc(Nc2cc3nc4ccccc4n(-c4ccc(F)cc4)c-3cc2=NC2CCCCC2)cn1. The Bertz CT molecular complexity index is 1550. The monoisotopic (exact) mass is 477 g/mol. The van der Waals surface area contributed by atoms with Crippen molar-refractivity contribution in [3.63, 3.8) is 0 Å². The number of pyridine rings is 1. The molecule has 3 aliphatic rings. The van der Waals surface area contributed by atoms with Crippen molar-refractivity contribution in [2.75, 3.05) is 5.32 Å². The van der Waals surface area contributed by atoms with Gasteiger partial charge in [0.1, 0.15) is 5.82 Å². The average Bonchev–Trinajstić information content (AvgIpc) is 2.90. The van der Waals surface area contributed by atoms with Gasteiger partial charge in [0.2, 0.25) is 0 Å². The lowest BCUT2D eigenvalue weighted by Gasteiger charge is -2.21. The van der Waals surface area contributed by atoms with Crippen LogP contribution in [0, 0.1) is 12.7 Å². The number of fused-ring (bicyclic) bond motifs is 2. The third-order valence-corrected chi connectivity index (χ3v) is 6.87. The van der Waals surface area contributed by atoms with Crippen LogP contribution in [0.25, 0.3) is 28.1 Å². The number of benzene rings is 3. The highest BCUT2D eigenvalue weighted by molar-refractivity contribution is 5.84. The summed E-state index contributed by atoms with van der Waals surface area (Å²) in [6.45, 7) is 1.98. The molecule has 2 aliphatic carbocycles. The van der Waals surface area contributed by atoms with E-state index in [1.807, 2.05) is 61.7 Å². The predicted molar refractivity (Wildman–Crippen MR) is 142 cm³/mol. The van der Waals surface area contributed by atoms with Gasteiger partial charge in [-0.3, -0.25) is 9.98 Å². The van der Waals surface area contributed by atoms with Crippen molar-refractivity contribution < 1.29 is 4.39 Å². The first-order chi connectivity index (χ1) is 17.6. The minimum absolute atomic E-state index is 0.256. The van der Waals surface area contributed by atoms with Gasteiger partial charge in [-0.1, -0.05) is 31.4 Å². The Morgan fingerprint density at radius 2 is 1.75 bits per heavy atom. The molecule has 180 valence electrons. The van der Waals surface area contributed by atoms with Crippen LogP contribution in [0.4, 0.5) is 15.8 Å². The topological polar surface area (TPSA) is 55.1 Å². The van der Waals surface area contributed by atoms with Crippen LogP contribution in [0.15, 0.2) is 84.0 Å². The van der Waals surface area contributed by atoms with E-state index in [1.54, 1.807) is 0 Å². The first kappa shape index (κ1) is 22.4. The van der Waals surface area contributed by atoms with Crippen LogP contribution in [-0.4, -0.2) is 20.6 Å². The van der Waals surface area contributed by atoms with E-state index in [2.05, 4.69) is 27.0 Å². The number of para-hydroxylation sites is 2. The first-order valence-electron chi connectivity index (χ1n) is 12.6. The van der Waals surface area contributed by atoms with Crippen molar-refractivity contribution in [3.8, 4) is 17.1 Å². The lowest BCUT2D eigenvalue weighted by molar-refractivity contribution is 0.437. The molecule has 1 fully saturated rings. The fourth-order valence-electron chi connectivity index (χ4n) is 5.02. The van der Waals surface area contributed by atoms with Crippen LogP contribution < -0.4 is 10.7 Å². The lowest BCUT2D eigenvalue weighted by atomic mass is 9.96. The van der Waals surface area contributed by atoms with Gasteiger partial charge in [-0.25, -0.2) is 9.37 Å².